The van der Waals surface area contributed by atoms with Crippen LogP contribution in [0.2, 0.25) is 0 Å². The van der Waals surface area contributed by atoms with Crippen LogP contribution in [0.1, 0.15) is 399 Å². The third-order valence-electron chi connectivity index (χ3n) is 17.4. The Hall–Kier alpha value is -1.71. The van der Waals surface area contributed by atoms with Gasteiger partial charge in [0.15, 0.2) is 12.4 Å². The Kier molecular flexibility index (Phi) is 64.9. The number of nitrogens with zero attached hydrogens (tertiary/aromatic N) is 1. The molecule has 0 aromatic heterocycles. The molecule has 0 aliphatic heterocycles. The lowest BCUT2D eigenvalue weighted by atomic mass is 10.0. The van der Waals surface area contributed by atoms with Crippen LogP contribution < -0.4 is 5.11 Å². The fraction of sp³-hybridized carbons (Fsp3) is 0.959. The Labute approximate surface area is 517 Å². The number of esters is 2. The van der Waals surface area contributed by atoms with Gasteiger partial charge in [0, 0.05) is 12.8 Å². The van der Waals surface area contributed by atoms with Gasteiger partial charge in [-0.3, -0.25) is 9.59 Å². The fourth-order valence-corrected chi connectivity index (χ4v) is 11.7. The van der Waals surface area contributed by atoms with E-state index in [2.05, 4.69) is 13.8 Å². The first-order valence-corrected chi connectivity index (χ1v) is 37.2. The van der Waals surface area contributed by atoms with E-state index in [9.17, 15) is 19.5 Å². The topological polar surface area (TPSA) is 111 Å². The van der Waals surface area contributed by atoms with Crippen molar-refractivity contribution in [1.82, 2.24) is 0 Å². The molecule has 83 heavy (non-hydrogen) atoms. The third kappa shape index (κ3) is 67.7. The number of rotatable bonds is 71. The molecule has 0 aromatic rings. The van der Waals surface area contributed by atoms with Crippen LogP contribution in [0, 0.1) is 0 Å². The Morgan fingerprint density at radius 1 is 0.313 bits per heavy atom. The predicted octanol–water partition coefficient (Wildman–Crippen LogP) is 21.7. The molecule has 0 aromatic carbocycles. The summed E-state index contributed by atoms with van der Waals surface area (Å²) in [6.45, 7) is 4.85. The minimum Gasteiger partial charge on any atom is -0.545 e. The number of unbranched alkanes of at least 4 members (excludes halogenated alkanes) is 56. The minimum atomic E-state index is -1.62. The second kappa shape index (κ2) is 66.2. The largest absolute Gasteiger partial charge is 0.545 e. The van der Waals surface area contributed by atoms with E-state index < -0.39 is 24.3 Å². The van der Waals surface area contributed by atoms with Crippen LogP contribution in [0.5, 0.6) is 0 Å². The predicted molar refractivity (Wildman–Crippen MR) is 353 cm³/mol. The number of carboxylic acid groups (broad SMARTS) is 1. The van der Waals surface area contributed by atoms with Crippen molar-refractivity contribution in [2.45, 2.75) is 411 Å². The molecule has 0 radical (unpaired) electrons. The number of aliphatic carboxylic acids is 1. The maximum absolute atomic E-state index is 12.9. The van der Waals surface area contributed by atoms with Gasteiger partial charge in [0.05, 0.1) is 40.3 Å². The highest BCUT2D eigenvalue weighted by Gasteiger charge is 2.22. The van der Waals surface area contributed by atoms with Gasteiger partial charge in [-0.25, -0.2) is 0 Å². The molecule has 0 aliphatic carbocycles. The van der Waals surface area contributed by atoms with Gasteiger partial charge in [-0.2, -0.15) is 0 Å². The monoisotopic (exact) mass is 1180 g/mol. The van der Waals surface area contributed by atoms with Crippen molar-refractivity contribution in [1.29, 1.82) is 0 Å². The maximum atomic E-state index is 12.9. The van der Waals surface area contributed by atoms with Crippen molar-refractivity contribution < 1.29 is 42.9 Å². The number of likely N-dealkylation sites (N-methyl/N-ethyl adjacent to an activating group) is 1. The Morgan fingerprint density at radius 2 is 0.542 bits per heavy atom. The summed E-state index contributed by atoms with van der Waals surface area (Å²) < 4.78 is 22.8. The maximum Gasteiger partial charge on any atom is 0.306 e. The molecule has 0 spiro atoms. The number of carbonyl (C=O) groups excluding carboxylic acids is 3. The zero-order chi connectivity index (χ0) is 60.5. The molecule has 0 N–H and O–H groups in total. The van der Waals surface area contributed by atoms with Gasteiger partial charge >= 0.3 is 11.9 Å². The Balaban J connectivity index is 3.97. The molecule has 0 saturated carbocycles. The first kappa shape index (κ1) is 81.3. The highest BCUT2D eigenvalue weighted by Crippen LogP contribution is 2.20. The normalized spacial score (nSPS) is 12.5. The summed E-state index contributed by atoms with van der Waals surface area (Å²) in [6, 6.07) is 0. The summed E-state index contributed by atoms with van der Waals surface area (Å²) >= 11 is 0. The van der Waals surface area contributed by atoms with E-state index in [1.807, 2.05) is 21.1 Å². The van der Waals surface area contributed by atoms with Crippen LogP contribution in [0.3, 0.4) is 0 Å². The summed E-state index contributed by atoms with van der Waals surface area (Å²) in [6.07, 6.45) is 76.4. The van der Waals surface area contributed by atoms with Crippen molar-refractivity contribution in [2.75, 3.05) is 47.5 Å². The quantitative estimate of drug-likeness (QED) is 0.0256. The molecule has 9 heteroatoms. The molecule has 0 saturated heterocycles. The van der Waals surface area contributed by atoms with Gasteiger partial charge in [-0.1, -0.05) is 373 Å². The molecular weight excluding hydrogens is 1030 g/mol. The second-order valence-corrected chi connectivity index (χ2v) is 27.0. The van der Waals surface area contributed by atoms with Gasteiger partial charge in [-0.05, 0) is 12.8 Å². The van der Waals surface area contributed by atoms with Crippen molar-refractivity contribution >= 4 is 17.9 Å². The smallest absolute Gasteiger partial charge is 0.306 e. The molecule has 2 atom stereocenters. The van der Waals surface area contributed by atoms with Crippen LogP contribution >= 0.6 is 0 Å². The molecule has 0 fully saturated rings. The van der Waals surface area contributed by atoms with E-state index in [4.69, 9.17) is 18.9 Å². The highest BCUT2D eigenvalue weighted by molar-refractivity contribution is 5.70. The second-order valence-electron chi connectivity index (χ2n) is 27.0. The zero-order valence-corrected chi connectivity index (χ0v) is 56.6. The van der Waals surface area contributed by atoms with Gasteiger partial charge in [0.25, 0.3) is 0 Å². The van der Waals surface area contributed by atoms with Gasteiger partial charge in [0.2, 0.25) is 0 Å². The first-order chi connectivity index (χ1) is 40.6. The van der Waals surface area contributed by atoms with E-state index in [1.165, 1.54) is 334 Å². The number of hydrogen-bond donors (Lipinski definition) is 0. The van der Waals surface area contributed by atoms with Gasteiger partial charge in [-0.15, -0.1) is 0 Å². The van der Waals surface area contributed by atoms with Gasteiger partial charge in [0.1, 0.15) is 13.2 Å². The molecular formula is C74H145NO8. The molecule has 0 bridgehead atoms. The van der Waals surface area contributed by atoms with Crippen molar-refractivity contribution in [2.24, 2.45) is 0 Å². The van der Waals surface area contributed by atoms with Crippen LogP contribution in [-0.4, -0.2) is 82.3 Å². The third-order valence-corrected chi connectivity index (χ3v) is 17.4. The highest BCUT2D eigenvalue weighted by atomic mass is 16.7. The van der Waals surface area contributed by atoms with Crippen molar-refractivity contribution in [3.63, 3.8) is 0 Å². The van der Waals surface area contributed by atoms with Crippen molar-refractivity contribution in [3.8, 4) is 0 Å². The lowest BCUT2D eigenvalue weighted by Gasteiger charge is -2.26. The number of hydrogen-bond acceptors (Lipinski definition) is 8. The van der Waals surface area contributed by atoms with Crippen LogP contribution in [0.15, 0.2) is 0 Å². The van der Waals surface area contributed by atoms with E-state index >= 15 is 0 Å². The minimum absolute atomic E-state index is 0.154. The first-order valence-electron chi connectivity index (χ1n) is 37.2. The summed E-state index contributed by atoms with van der Waals surface area (Å²) in [7, 11) is 5.95. The van der Waals surface area contributed by atoms with Crippen molar-refractivity contribution in [3.05, 3.63) is 0 Å². The number of carboxylic acids is 1. The van der Waals surface area contributed by atoms with Crippen LogP contribution in [0.25, 0.3) is 0 Å². The number of quaternary nitrogens is 1. The average molecular weight is 1180 g/mol. The Bertz CT molecular complexity index is 1320. The number of carbonyl (C=O) groups is 3. The SMILES string of the molecule is CCCCCCCCCCCCCCCCCCCCCCCCCCCCCCCCCCCCCC(=O)OC(COC(=O)CCCCCCCCCCCCCCCCCCCCCCCCC)COC(OCC[N+](C)(C)C)C(=O)[O-]. The lowest BCUT2D eigenvalue weighted by molar-refractivity contribution is -0.870. The zero-order valence-electron chi connectivity index (χ0n) is 56.6. The van der Waals surface area contributed by atoms with Gasteiger partial charge < -0.3 is 33.3 Å². The van der Waals surface area contributed by atoms with Crippen LogP contribution in [-0.2, 0) is 33.3 Å². The fourth-order valence-electron chi connectivity index (χ4n) is 11.7. The molecule has 0 heterocycles. The summed E-state index contributed by atoms with van der Waals surface area (Å²) in [5.74, 6) is -2.24. The summed E-state index contributed by atoms with van der Waals surface area (Å²) in [4.78, 5) is 37.5. The summed E-state index contributed by atoms with van der Waals surface area (Å²) in [5.41, 5.74) is 0. The molecule has 0 aliphatic rings. The average Bonchev–Trinajstić information content (AvgIpc) is 3.46. The Morgan fingerprint density at radius 3 is 0.771 bits per heavy atom. The summed E-state index contributed by atoms with van der Waals surface area (Å²) in [5, 5.41) is 11.8. The molecule has 0 amide bonds. The van der Waals surface area contributed by atoms with Crippen LogP contribution in [0.4, 0.5) is 0 Å². The van der Waals surface area contributed by atoms with E-state index in [-0.39, 0.29) is 32.2 Å². The van der Waals surface area contributed by atoms with E-state index in [0.29, 0.717) is 17.4 Å². The molecule has 494 valence electrons. The standard InChI is InChI=1S/C74H145NO8/c1-6-8-10-12-14-16-18-20-22-24-26-28-30-31-32-33-34-35-36-37-38-39-40-41-43-45-47-49-51-53-55-57-59-61-63-65-72(77)83-70(69-82-74(73(78)79)80-67-66-75(3,4)5)68-81-71(76)64-62-60-58-56-54-52-50-48-46-44-42-29-27-25-23-21-19-17-15-13-11-9-7-2/h70,74H,6-69H2,1-5H3. The molecule has 9 nitrogen and oxygen atoms in total. The lowest BCUT2D eigenvalue weighted by Crippen LogP contribution is -2.44. The molecule has 2 unspecified atom stereocenters. The van der Waals surface area contributed by atoms with E-state index in [0.717, 1.165) is 38.5 Å². The van der Waals surface area contributed by atoms with E-state index in [1.54, 1.807) is 0 Å². The molecule has 0 rings (SSSR count). The number of ether oxygens (including phenoxy) is 4.